The van der Waals surface area contributed by atoms with Gasteiger partial charge in [0.05, 0.1) is 29.8 Å². The van der Waals surface area contributed by atoms with Crippen molar-refractivity contribution >= 4 is 29.3 Å². The number of tetrazole rings is 1. The van der Waals surface area contributed by atoms with Crippen molar-refractivity contribution in [2.45, 2.75) is 5.16 Å². The summed E-state index contributed by atoms with van der Waals surface area (Å²) in [7, 11) is 1.28. The number of hydrogen-bond donors (Lipinski definition) is 2. The van der Waals surface area contributed by atoms with Crippen LogP contribution in [-0.2, 0) is 9.53 Å². The summed E-state index contributed by atoms with van der Waals surface area (Å²) in [5, 5.41) is 24.0. The lowest BCUT2D eigenvalue weighted by molar-refractivity contribution is -0.113. The highest BCUT2D eigenvalue weighted by Gasteiger charge is 2.15. The fraction of sp³-hybridized carbons (Fsp3) is 0.118. The third-order valence-electron chi connectivity index (χ3n) is 3.45. The Morgan fingerprint density at radius 2 is 2.04 bits per heavy atom. The number of nitrogens with one attached hydrogen (secondary N) is 1. The first-order chi connectivity index (χ1) is 13.1. The number of carbonyl (C=O) groups is 2. The van der Waals surface area contributed by atoms with E-state index in [9.17, 15) is 14.7 Å². The number of phenols is 1. The summed E-state index contributed by atoms with van der Waals surface area (Å²) in [5.74, 6) is -0.765. The normalized spacial score (nSPS) is 10.4. The van der Waals surface area contributed by atoms with Crippen molar-refractivity contribution in [3.8, 4) is 11.4 Å². The van der Waals surface area contributed by atoms with Crippen LogP contribution >= 0.6 is 11.8 Å². The number of aromatic nitrogens is 4. The number of amides is 1. The second-order valence-corrected chi connectivity index (χ2v) is 6.21. The topological polar surface area (TPSA) is 119 Å². The lowest BCUT2D eigenvalue weighted by Crippen LogP contribution is -2.17. The number of para-hydroxylation sites is 1. The fourth-order valence-electron chi connectivity index (χ4n) is 2.25. The SMILES string of the molecule is COC(=O)c1ccccc1NC(=O)CSc1nnnn1-c1cccc(O)c1. The van der Waals surface area contributed by atoms with E-state index >= 15 is 0 Å². The molecule has 0 radical (unpaired) electrons. The van der Waals surface area contributed by atoms with E-state index in [0.29, 0.717) is 16.5 Å². The van der Waals surface area contributed by atoms with Gasteiger partial charge in [-0.1, -0.05) is 30.0 Å². The van der Waals surface area contributed by atoms with E-state index in [1.807, 2.05) is 0 Å². The number of methoxy groups -OCH3 is 1. The highest BCUT2D eigenvalue weighted by molar-refractivity contribution is 7.99. The van der Waals surface area contributed by atoms with E-state index in [2.05, 4.69) is 20.8 Å². The summed E-state index contributed by atoms with van der Waals surface area (Å²) in [6, 6.07) is 13.0. The van der Waals surface area contributed by atoms with Crippen molar-refractivity contribution in [1.29, 1.82) is 0 Å². The number of carbonyl (C=O) groups excluding carboxylic acids is 2. The molecule has 1 amide bonds. The highest BCUT2D eigenvalue weighted by Crippen LogP contribution is 2.22. The molecule has 9 nitrogen and oxygen atoms in total. The van der Waals surface area contributed by atoms with Crippen molar-refractivity contribution in [2.75, 3.05) is 18.2 Å². The van der Waals surface area contributed by atoms with Crippen molar-refractivity contribution in [3.63, 3.8) is 0 Å². The molecule has 0 saturated carbocycles. The molecule has 0 aliphatic heterocycles. The van der Waals surface area contributed by atoms with Crippen LogP contribution in [0, 0.1) is 0 Å². The minimum Gasteiger partial charge on any atom is -0.508 e. The van der Waals surface area contributed by atoms with Gasteiger partial charge in [-0.3, -0.25) is 4.79 Å². The standard InChI is InChI=1S/C17H15N5O4S/c1-26-16(25)13-7-2-3-8-14(13)18-15(24)10-27-17-19-20-21-22(17)11-5-4-6-12(23)9-11/h2-9,23H,10H2,1H3,(H,18,24). The van der Waals surface area contributed by atoms with Crippen molar-refractivity contribution in [3.05, 3.63) is 54.1 Å². The Morgan fingerprint density at radius 1 is 1.22 bits per heavy atom. The van der Waals surface area contributed by atoms with E-state index in [4.69, 9.17) is 4.74 Å². The van der Waals surface area contributed by atoms with Crippen LogP contribution in [0.15, 0.2) is 53.7 Å². The molecule has 138 valence electrons. The molecular weight excluding hydrogens is 370 g/mol. The Kier molecular flexibility index (Phi) is 5.67. The monoisotopic (exact) mass is 385 g/mol. The number of thioether (sulfide) groups is 1. The van der Waals surface area contributed by atoms with Gasteiger partial charge < -0.3 is 15.2 Å². The number of rotatable bonds is 6. The number of aromatic hydroxyl groups is 1. The molecule has 2 N–H and O–H groups in total. The Labute approximate surface area is 158 Å². The maximum atomic E-state index is 12.3. The quantitative estimate of drug-likeness (QED) is 0.488. The van der Waals surface area contributed by atoms with Crippen LogP contribution in [0.25, 0.3) is 5.69 Å². The van der Waals surface area contributed by atoms with Gasteiger partial charge in [-0.2, -0.15) is 4.68 Å². The Balaban J connectivity index is 1.68. The summed E-state index contributed by atoms with van der Waals surface area (Å²) in [4.78, 5) is 24.0. The number of benzene rings is 2. The van der Waals surface area contributed by atoms with Crippen LogP contribution < -0.4 is 5.32 Å². The summed E-state index contributed by atoms with van der Waals surface area (Å²) < 4.78 is 6.12. The van der Waals surface area contributed by atoms with Gasteiger partial charge in [0.25, 0.3) is 0 Å². The summed E-state index contributed by atoms with van der Waals surface area (Å²) in [6.07, 6.45) is 0. The molecule has 0 unspecified atom stereocenters. The molecule has 0 saturated heterocycles. The molecule has 3 aromatic rings. The highest BCUT2D eigenvalue weighted by atomic mass is 32.2. The van der Waals surface area contributed by atoms with Gasteiger partial charge >= 0.3 is 5.97 Å². The van der Waals surface area contributed by atoms with E-state index in [-0.39, 0.29) is 23.0 Å². The first-order valence-corrected chi connectivity index (χ1v) is 8.75. The molecule has 10 heteroatoms. The summed E-state index contributed by atoms with van der Waals surface area (Å²) in [5.41, 5.74) is 1.20. The second-order valence-electron chi connectivity index (χ2n) is 5.27. The zero-order valence-corrected chi connectivity index (χ0v) is 15.0. The number of esters is 1. The number of hydrogen-bond acceptors (Lipinski definition) is 8. The molecule has 27 heavy (non-hydrogen) atoms. The van der Waals surface area contributed by atoms with Gasteiger partial charge in [-0.15, -0.1) is 5.10 Å². The predicted molar refractivity (Wildman–Crippen MR) is 98.0 cm³/mol. The minimum atomic E-state index is -0.536. The first-order valence-electron chi connectivity index (χ1n) is 7.76. The van der Waals surface area contributed by atoms with Crippen LogP contribution in [0.3, 0.4) is 0 Å². The molecule has 1 heterocycles. The largest absolute Gasteiger partial charge is 0.508 e. The molecule has 0 bridgehead atoms. The molecule has 0 spiro atoms. The molecule has 3 rings (SSSR count). The maximum absolute atomic E-state index is 12.3. The van der Waals surface area contributed by atoms with Crippen LogP contribution in [0.2, 0.25) is 0 Å². The number of anilines is 1. The van der Waals surface area contributed by atoms with Crippen LogP contribution in [0.5, 0.6) is 5.75 Å². The van der Waals surface area contributed by atoms with E-state index < -0.39 is 5.97 Å². The van der Waals surface area contributed by atoms with E-state index in [1.54, 1.807) is 36.4 Å². The molecular formula is C17H15N5O4S. The van der Waals surface area contributed by atoms with Crippen LogP contribution in [-0.4, -0.2) is 50.1 Å². The van der Waals surface area contributed by atoms with E-state index in [1.165, 1.54) is 23.9 Å². The third kappa shape index (κ3) is 4.42. The Morgan fingerprint density at radius 3 is 2.81 bits per heavy atom. The zero-order chi connectivity index (χ0) is 19.2. The van der Waals surface area contributed by atoms with Crippen LogP contribution in [0.1, 0.15) is 10.4 Å². The van der Waals surface area contributed by atoms with Crippen LogP contribution in [0.4, 0.5) is 5.69 Å². The molecule has 0 atom stereocenters. The van der Waals surface area contributed by atoms with Gasteiger partial charge in [0, 0.05) is 6.07 Å². The van der Waals surface area contributed by atoms with Crippen molar-refractivity contribution in [1.82, 2.24) is 20.2 Å². The average molecular weight is 385 g/mol. The molecule has 2 aromatic carbocycles. The number of ether oxygens (including phenoxy) is 1. The first kappa shape index (κ1) is 18.4. The molecule has 0 aliphatic rings. The molecule has 1 aromatic heterocycles. The Bertz CT molecular complexity index is 975. The number of nitrogens with zero attached hydrogens (tertiary/aromatic N) is 4. The maximum Gasteiger partial charge on any atom is 0.339 e. The summed E-state index contributed by atoms with van der Waals surface area (Å²) >= 11 is 1.12. The summed E-state index contributed by atoms with van der Waals surface area (Å²) in [6.45, 7) is 0. The zero-order valence-electron chi connectivity index (χ0n) is 14.2. The lowest BCUT2D eigenvalue weighted by Gasteiger charge is -2.09. The smallest absolute Gasteiger partial charge is 0.339 e. The van der Waals surface area contributed by atoms with Gasteiger partial charge in [0.2, 0.25) is 11.1 Å². The molecule has 0 fully saturated rings. The minimum absolute atomic E-state index is 0.0225. The Hall–Kier alpha value is -3.40. The third-order valence-corrected chi connectivity index (χ3v) is 4.37. The molecule has 0 aliphatic carbocycles. The average Bonchev–Trinajstić information content (AvgIpc) is 3.15. The predicted octanol–water partition coefficient (Wildman–Crippen LogP) is 1.89. The van der Waals surface area contributed by atoms with Gasteiger partial charge in [-0.05, 0) is 34.7 Å². The number of phenolic OH excluding ortho intramolecular Hbond substituents is 1. The van der Waals surface area contributed by atoms with Gasteiger partial charge in [0.15, 0.2) is 0 Å². The van der Waals surface area contributed by atoms with Gasteiger partial charge in [0.1, 0.15) is 5.75 Å². The van der Waals surface area contributed by atoms with Crippen molar-refractivity contribution < 1.29 is 19.4 Å². The lowest BCUT2D eigenvalue weighted by atomic mass is 10.2. The fourth-order valence-corrected chi connectivity index (χ4v) is 2.94. The van der Waals surface area contributed by atoms with Gasteiger partial charge in [-0.25, -0.2) is 4.79 Å². The van der Waals surface area contributed by atoms with E-state index in [0.717, 1.165) is 11.8 Å². The van der Waals surface area contributed by atoms with Crippen molar-refractivity contribution in [2.24, 2.45) is 0 Å². The second kappa shape index (κ2) is 8.32.